The molecule has 1 aromatic carbocycles. The number of rotatable bonds is 4. The van der Waals surface area contributed by atoms with Gasteiger partial charge in [0, 0.05) is 6.42 Å². The number of hydrogen-bond donors (Lipinski definition) is 1. The molecule has 0 atom stereocenters. The van der Waals surface area contributed by atoms with Crippen LogP contribution in [0.1, 0.15) is 18.4 Å². The van der Waals surface area contributed by atoms with Crippen molar-refractivity contribution in [3.05, 3.63) is 23.8 Å². The van der Waals surface area contributed by atoms with Gasteiger partial charge in [-0.25, -0.2) is 8.42 Å². The molecule has 86 valence electrons. The number of nitrogens with two attached hydrogens (primary N) is 1. The van der Waals surface area contributed by atoms with Crippen molar-refractivity contribution in [3.63, 3.8) is 0 Å². The fourth-order valence-corrected chi connectivity index (χ4v) is 2.90. The van der Waals surface area contributed by atoms with E-state index in [4.69, 9.17) is 11.0 Å². The lowest BCUT2D eigenvalue weighted by atomic mass is 10.2. The summed E-state index contributed by atoms with van der Waals surface area (Å²) in [7, 11) is -3.36. The smallest absolute Gasteiger partial charge is 0.180 e. The third-order valence-corrected chi connectivity index (χ3v) is 4.06. The minimum Gasteiger partial charge on any atom is -0.398 e. The Morgan fingerprint density at radius 2 is 2.12 bits per heavy atom. The fourth-order valence-electron chi connectivity index (χ4n) is 1.36. The maximum Gasteiger partial charge on any atom is 0.180 e. The molecule has 5 heteroatoms. The summed E-state index contributed by atoms with van der Waals surface area (Å²) in [5.74, 6) is -0.0335. The minimum absolute atomic E-state index is 0.0335. The Morgan fingerprint density at radius 1 is 1.44 bits per heavy atom. The molecule has 0 aliphatic heterocycles. The van der Waals surface area contributed by atoms with Crippen molar-refractivity contribution in [1.82, 2.24) is 0 Å². The first-order chi connectivity index (χ1) is 7.47. The van der Waals surface area contributed by atoms with Crippen LogP contribution in [0.15, 0.2) is 23.1 Å². The van der Waals surface area contributed by atoms with Crippen LogP contribution in [-0.2, 0) is 9.84 Å². The van der Waals surface area contributed by atoms with E-state index in [1.807, 2.05) is 13.0 Å². The van der Waals surface area contributed by atoms with Gasteiger partial charge in [-0.1, -0.05) is 6.07 Å². The minimum atomic E-state index is -3.36. The van der Waals surface area contributed by atoms with E-state index in [-0.39, 0.29) is 22.8 Å². The maximum atomic E-state index is 11.9. The van der Waals surface area contributed by atoms with E-state index >= 15 is 0 Å². The lowest BCUT2D eigenvalue weighted by Crippen LogP contribution is -2.09. The lowest BCUT2D eigenvalue weighted by molar-refractivity contribution is 0.594. The number of sulfone groups is 1. The Bertz CT molecular complexity index is 515. The van der Waals surface area contributed by atoms with Gasteiger partial charge in [0.15, 0.2) is 9.84 Å². The van der Waals surface area contributed by atoms with Crippen molar-refractivity contribution in [2.45, 2.75) is 24.7 Å². The zero-order chi connectivity index (χ0) is 12.2. The maximum absolute atomic E-state index is 11.9. The number of benzene rings is 1. The topological polar surface area (TPSA) is 84.0 Å². The molecule has 0 amide bonds. The normalized spacial score (nSPS) is 11.0. The standard InChI is InChI=1S/C11H14N2O2S/c1-9-4-5-10(13)11(8-9)16(14,15)7-3-2-6-12/h4-5,8H,2-3,7,13H2,1H3. The highest BCUT2D eigenvalue weighted by atomic mass is 32.2. The van der Waals surface area contributed by atoms with Crippen LogP contribution in [0.3, 0.4) is 0 Å². The van der Waals surface area contributed by atoms with Gasteiger partial charge in [-0.2, -0.15) is 5.26 Å². The molecule has 2 N–H and O–H groups in total. The molecule has 0 aromatic heterocycles. The lowest BCUT2D eigenvalue weighted by Gasteiger charge is -2.07. The van der Waals surface area contributed by atoms with E-state index < -0.39 is 9.84 Å². The third kappa shape index (κ3) is 2.97. The number of nitrogens with zero attached hydrogens (tertiary/aromatic N) is 1. The highest BCUT2D eigenvalue weighted by molar-refractivity contribution is 7.91. The molecule has 1 aromatic rings. The van der Waals surface area contributed by atoms with Gasteiger partial charge in [-0.15, -0.1) is 0 Å². The second kappa shape index (κ2) is 4.99. The number of nitriles is 1. The molecule has 0 aliphatic rings. The summed E-state index contributed by atoms with van der Waals surface area (Å²) >= 11 is 0. The van der Waals surface area contributed by atoms with Crippen LogP contribution < -0.4 is 5.73 Å². The number of nitrogen functional groups attached to an aromatic ring is 1. The number of unbranched alkanes of at least 4 members (excludes halogenated alkanes) is 1. The Balaban J connectivity index is 2.99. The number of hydrogen-bond acceptors (Lipinski definition) is 4. The molecule has 0 unspecified atom stereocenters. The van der Waals surface area contributed by atoms with Crippen molar-refractivity contribution in [2.75, 3.05) is 11.5 Å². The van der Waals surface area contributed by atoms with E-state index in [9.17, 15) is 8.42 Å². The highest BCUT2D eigenvalue weighted by Gasteiger charge is 2.17. The summed E-state index contributed by atoms with van der Waals surface area (Å²) in [6, 6.07) is 6.85. The van der Waals surface area contributed by atoms with Crippen molar-refractivity contribution in [2.24, 2.45) is 0 Å². The molecular weight excluding hydrogens is 224 g/mol. The van der Waals surface area contributed by atoms with Gasteiger partial charge in [0.1, 0.15) is 0 Å². The first-order valence-corrected chi connectivity index (χ1v) is 6.58. The summed E-state index contributed by atoms with van der Waals surface area (Å²) in [5.41, 5.74) is 6.76. The van der Waals surface area contributed by atoms with E-state index in [2.05, 4.69) is 0 Å². The largest absolute Gasteiger partial charge is 0.398 e. The molecular formula is C11H14N2O2S. The first-order valence-electron chi connectivity index (χ1n) is 4.93. The van der Waals surface area contributed by atoms with Crippen LogP contribution in [0.25, 0.3) is 0 Å². The summed E-state index contributed by atoms with van der Waals surface area (Å²) in [4.78, 5) is 0.172. The van der Waals surface area contributed by atoms with E-state index in [0.717, 1.165) is 5.56 Å². The zero-order valence-corrected chi connectivity index (χ0v) is 9.92. The number of aryl methyl sites for hydroxylation is 1. The summed E-state index contributed by atoms with van der Waals surface area (Å²) in [6.07, 6.45) is 0.581. The van der Waals surface area contributed by atoms with E-state index in [0.29, 0.717) is 6.42 Å². The van der Waals surface area contributed by atoms with Crippen LogP contribution in [0.2, 0.25) is 0 Å². The summed E-state index contributed by atoms with van der Waals surface area (Å²) in [6.45, 7) is 1.81. The highest BCUT2D eigenvalue weighted by Crippen LogP contribution is 2.21. The van der Waals surface area contributed by atoms with Gasteiger partial charge in [0.05, 0.1) is 22.4 Å². The van der Waals surface area contributed by atoms with Crippen LogP contribution in [0.5, 0.6) is 0 Å². The fraction of sp³-hybridized carbons (Fsp3) is 0.364. The Labute approximate surface area is 95.6 Å². The van der Waals surface area contributed by atoms with Gasteiger partial charge in [-0.3, -0.25) is 0 Å². The van der Waals surface area contributed by atoms with Crippen molar-refractivity contribution in [1.29, 1.82) is 5.26 Å². The molecule has 16 heavy (non-hydrogen) atoms. The second-order valence-electron chi connectivity index (χ2n) is 3.62. The van der Waals surface area contributed by atoms with Gasteiger partial charge in [0.2, 0.25) is 0 Å². The molecule has 0 radical (unpaired) electrons. The molecule has 1 rings (SSSR count). The first kappa shape index (κ1) is 12.5. The van der Waals surface area contributed by atoms with Gasteiger partial charge in [0.25, 0.3) is 0 Å². The molecule has 0 bridgehead atoms. The molecule has 4 nitrogen and oxygen atoms in total. The molecule has 0 saturated carbocycles. The van der Waals surface area contributed by atoms with Crippen LogP contribution in [-0.4, -0.2) is 14.2 Å². The van der Waals surface area contributed by atoms with Gasteiger partial charge >= 0.3 is 0 Å². The van der Waals surface area contributed by atoms with Crippen molar-refractivity contribution >= 4 is 15.5 Å². The predicted octanol–water partition coefficient (Wildman–Crippen LogP) is 1.65. The van der Waals surface area contributed by atoms with Crippen LogP contribution >= 0.6 is 0 Å². The van der Waals surface area contributed by atoms with Crippen molar-refractivity contribution in [3.8, 4) is 6.07 Å². The van der Waals surface area contributed by atoms with E-state index in [1.54, 1.807) is 18.2 Å². The molecule has 0 fully saturated rings. The van der Waals surface area contributed by atoms with Gasteiger partial charge in [-0.05, 0) is 31.0 Å². The monoisotopic (exact) mass is 238 g/mol. The Morgan fingerprint density at radius 3 is 2.75 bits per heavy atom. The SMILES string of the molecule is Cc1ccc(N)c(S(=O)(=O)CCCC#N)c1. The average molecular weight is 238 g/mol. The quantitative estimate of drug-likeness (QED) is 0.638. The third-order valence-electron chi connectivity index (χ3n) is 2.21. The van der Waals surface area contributed by atoms with Gasteiger partial charge < -0.3 is 5.73 Å². The molecule has 0 spiro atoms. The van der Waals surface area contributed by atoms with Crippen LogP contribution in [0, 0.1) is 18.3 Å². The second-order valence-corrected chi connectivity index (χ2v) is 5.70. The molecule has 0 saturated heterocycles. The summed E-state index contributed by atoms with van der Waals surface area (Å²) < 4.78 is 23.8. The van der Waals surface area contributed by atoms with Crippen LogP contribution in [0.4, 0.5) is 5.69 Å². The number of anilines is 1. The average Bonchev–Trinajstić information content (AvgIpc) is 2.22. The predicted molar refractivity (Wildman–Crippen MR) is 62.5 cm³/mol. The molecule has 0 aliphatic carbocycles. The summed E-state index contributed by atoms with van der Waals surface area (Å²) in [5, 5.41) is 8.36. The Hall–Kier alpha value is -1.54. The van der Waals surface area contributed by atoms with Crippen molar-refractivity contribution < 1.29 is 8.42 Å². The Kier molecular flexibility index (Phi) is 3.91. The van der Waals surface area contributed by atoms with E-state index in [1.165, 1.54) is 0 Å². The molecule has 0 heterocycles. The zero-order valence-electron chi connectivity index (χ0n) is 9.10.